The molecule has 23 heavy (non-hydrogen) atoms. The van der Waals surface area contributed by atoms with Gasteiger partial charge in [-0.25, -0.2) is 0 Å². The lowest BCUT2D eigenvalue weighted by molar-refractivity contribution is 0.317. The van der Waals surface area contributed by atoms with Crippen molar-refractivity contribution in [1.82, 2.24) is 0 Å². The largest absolute Gasteiger partial charge is 0.411 e. The van der Waals surface area contributed by atoms with Gasteiger partial charge in [-0.2, -0.15) is 0 Å². The topological polar surface area (TPSA) is 32.6 Å². The fraction of sp³-hybridized carbons (Fsp3) is 0.350. The van der Waals surface area contributed by atoms with Gasteiger partial charge in [0.25, 0.3) is 0 Å². The summed E-state index contributed by atoms with van der Waals surface area (Å²) in [6.07, 6.45) is 6.93. The molecule has 0 saturated heterocycles. The summed E-state index contributed by atoms with van der Waals surface area (Å²) in [6, 6.07) is 18.6. The van der Waals surface area contributed by atoms with Gasteiger partial charge in [-0.15, -0.1) is 0 Å². The van der Waals surface area contributed by atoms with Crippen LogP contribution >= 0.6 is 11.8 Å². The Morgan fingerprint density at radius 3 is 2.17 bits per heavy atom. The Hall–Kier alpha value is -1.74. The van der Waals surface area contributed by atoms with Crippen LogP contribution in [0.4, 0.5) is 0 Å². The molecule has 0 heterocycles. The van der Waals surface area contributed by atoms with Gasteiger partial charge in [0, 0.05) is 9.79 Å². The molecule has 0 aromatic heterocycles. The Labute approximate surface area is 143 Å². The third-order valence-corrected chi connectivity index (χ3v) is 4.82. The van der Waals surface area contributed by atoms with Gasteiger partial charge in [0.2, 0.25) is 0 Å². The van der Waals surface area contributed by atoms with E-state index >= 15 is 0 Å². The molecule has 0 aliphatic heterocycles. The van der Waals surface area contributed by atoms with Crippen LogP contribution < -0.4 is 0 Å². The number of unbranched alkanes of at least 4 members (excludes halogenated alkanes) is 4. The number of rotatable bonds is 9. The highest BCUT2D eigenvalue weighted by molar-refractivity contribution is 7.99. The van der Waals surface area contributed by atoms with Crippen LogP contribution in [0, 0.1) is 0 Å². The summed E-state index contributed by atoms with van der Waals surface area (Å²) >= 11 is 1.74. The summed E-state index contributed by atoms with van der Waals surface area (Å²) in [4.78, 5) is 2.42. The molecule has 0 radical (unpaired) electrons. The number of oxime groups is 1. The molecular weight excluding hydrogens is 302 g/mol. The molecule has 0 spiro atoms. The van der Waals surface area contributed by atoms with Crippen molar-refractivity contribution in [2.45, 2.75) is 55.2 Å². The van der Waals surface area contributed by atoms with E-state index in [4.69, 9.17) is 0 Å². The second kappa shape index (κ2) is 10.1. The lowest BCUT2D eigenvalue weighted by atomic mass is 10.0. The zero-order valence-corrected chi connectivity index (χ0v) is 14.6. The lowest BCUT2D eigenvalue weighted by Gasteiger charge is -2.07. The molecule has 122 valence electrons. The van der Waals surface area contributed by atoms with Gasteiger partial charge in [-0.05, 0) is 42.7 Å². The number of hydrogen-bond donors (Lipinski definition) is 1. The first kappa shape index (κ1) is 17.6. The standard InChI is InChI=1S/C20H25NOS/c1-2-3-4-5-9-12-20(21-22)17-13-15-19(16-14-17)23-18-10-7-6-8-11-18/h6-8,10-11,13-16,22H,2-5,9,12H2,1H3. The van der Waals surface area contributed by atoms with E-state index < -0.39 is 0 Å². The van der Waals surface area contributed by atoms with Crippen molar-refractivity contribution in [1.29, 1.82) is 0 Å². The predicted octanol–water partition coefficient (Wildman–Crippen LogP) is 6.38. The normalized spacial score (nSPS) is 11.6. The third kappa shape index (κ3) is 6.11. The van der Waals surface area contributed by atoms with Gasteiger partial charge in [-0.3, -0.25) is 0 Å². The smallest absolute Gasteiger partial charge is 0.0867 e. The third-order valence-electron chi connectivity index (χ3n) is 3.80. The van der Waals surface area contributed by atoms with Crippen molar-refractivity contribution in [3.63, 3.8) is 0 Å². The highest BCUT2D eigenvalue weighted by Crippen LogP contribution is 2.27. The molecule has 3 heteroatoms. The molecule has 0 saturated carbocycles. The zero-order chi connectivity index (χ0) is 16.3. The summed E-state index contributed by atoms with van der Waals surface area (Å²) in [7, 11) is 0. The fourth-order valence-corrected chi connectivity index (χ4v) is 3.33. The van der Waals surface area contributed by atoms with Crippen molar-refractivity contribution >= 4 is 17.5 Å². The molecule has 2 nitrogen and oxygen atoms in total. The van der Waals surface area contributed by atoms with Gasteiger partial charge in [0.1, 0.15) is 0 Å². The van der Waals surface area contributed by atoms with E-state index in [0.717, 1.165) is 24.1 Å². The molecule has 2 aromatic rings. The van der Waals surface area contributed by atoms with Crippen LogP contribution in [0.2, 0.25) is 0 Å². The van der Waals surface area contributed by atoms with Crippen LogP contribution in [0.15, 0.2) is 69.5 Å². The molecule has 0 atom stereocenters. The van der Waals surface area contributed by atoms with Gasteiger partial charge in [-0.1, -0.05) is 79.9 Å². The summed E-state index contributed by atoms with van der Waals surface area (Å²) in [6.45, 7) is 2.22. The minimum atomic E-state index is 0.790. The summed E-state index contributed by atoms with van der Waals surface area (Å²) < 4.78 is 0. The molecule has 0 bridgehead atoms. The fourth-order valence-electron chi connectivity index (χ4n) is 2.49. The van der Waals surface area contributed by atoms with E-state index in [1.165, 1.54) is 35.5 Å². The summed E-state index contributed by atoms with van der Waals surface area (Å²) in [5.41, 5.74) is 1.80. The van der Waals surface area contributed by atoms with Gasteiger partial charge < -0.3 is 5.21 Å². The Kier molecular flexibility index (Phi) is 7.74. The average Bonchev–Trinajstić information content (AvgIpc) is 2.60. The maximum Gasteiger partial charge on any atom is 0.0867 e. The van der Waals surface area contributed by atoms with E-state index in [0.29, 0.717) is 0 Å². The van der Waals surface area contributed by atoms with Crippen LogP contribution in [0.1, 0.15) is 51.0 Å². The van der Waals surface area contributed by atoms with Gasteiger partial charge >= 0.3 is 0 Å². The van der Waals surface area contributed by atoms with Gasteiger partial charge in [0.15, 0.2) is 0 Å². The molecule has 0 unspecified atom stereocenters. The van der Waals surface area contributed by atoms with E-state index in [9.17, 15) is 5.21 Å². The minimum Gasteiger partial charge on any atom is -0.411 e. The highest BCUT2D eigenvalue weighted by Gasteiger charge is 2.05. The maximum atomic E-state index is 9.27. The number of benzene rings is 2. The molecule has 2 rings (SSSR count). The van der Waals surface area contributed by atoms with Crippen molar-refractivity contribution in [2.24, 2.45) is 5.16 Å². The minimum absolute atomic E-state index is 0.790. The van der Waals surface area contributed by atoms with Crippen molar-refractivity contribution in [3.05, 3.63) is 60.2 Å². The van der Waals surface area contributed by atoms with E-state index in [1.807, 2.05) is 30.3 Å². The average molecular weight is 327 g/mol. The van der Waals surface area contributed by atoms with Crippen LogP contribution in [-0.4, -0.2) is 10.9 Å². The molecule has 0 amide bonds. The van der Waals surface area contributed by atoms with Crippen LogP contribution in [0.3, 0.4) is 0 Å². The quantitative estimate of drug-likeness (QED) is 0.251. The van der Waals surface area contributed by atoms with Crippen LogP contribution in [-0.2, 0) is 0 Å². The first-order chi connectivity index (χ1) is 11.3. The van der Waals surface area contributed by atoms with Crippen LogP contribution in [0.5, 0.6) is 0 Å². The lowest BCUT2D eigenvalue weighted by Crippen LogP contribution is -2.01. The number of nitrogens with zero attached hydrogens (tertiary/aromatic N) is 1. The van der Waals surface area contributed by atoms with Crippen molar-refractivity contribution in [2.75, 3.05) is 0 Å². The van der Waals surface area contributed by atoms with Crippen molar-refractivity contribution in [3.8, 4) is 0 Å². The predicted molar refractivity (Wildman–Crippen MR) is 98.7 cm³/mol. The second-order valence-corrected chi connectivity index (χ2v) is 6.80. The van der Waals surface area contributed by atoms with Crippen molar-refractivity contribution < 1.29 is 5.21 Å². The van der Waals surface area contributed by atoms with Crippen LogP contribution in [0.25, 0.3) is 0 Å². The Balaban J connectivity index is 1.89. The first-order valence-electron chi connectivity index (χ1n) is 8.37. The molecule has 0 fully saturated rings. The second-order valence-electron chi connectivity index (χ2n) is 5.65. The molecular formula is C20H25NOS. The van der Waals surface area contributed by atoms with Gasteiger partial charge in [0.05, 0.1) is 5.71 Å². The highest BCUT2D eigenvalue weighted by atomic mass is 32.2. The van der Waals surface area contributed by atoms with E-state index in [1.54, 1.807) is 11.8 Å². The van der Waals surface area contributed by atoms with E-state index in [-0.39, 0.29) is 0 Å². The Morgan fingerprint density at radius 1 is 0.870 bits per heavy atom. The summed E-state index contributed by atoms with van der Waals surface area (Å²) in [5.74, 6) is 0. The number of hydrogen-bond acceptors (Lipinski definition) is 3. The molecule has 0 aliphatic rings. The zero-order valence-electron chi connectivity index (χ0n) is 13.7. The molecule has 0 aliphatic carbocycles. The molecule has 1 N–H and O–H groups in total. The maximum absolute atomic E-state index is 9.27. The Morgan fingerprint density at radius 2 is 1.52 bits per heavy atom. The SMILES string of the molecule is CCCCCCCC(=NO)c1ccc(Sc2ccccc2)cc1. The first-order valence-corrected chi connectivity index (χ1v) is 9.19. The Bertz CT molecular complexity index is 593. The van der Waals surface area contributed by atoms with E-state index in [2.05, 4.69) is 36.3 Å². The monoisotopic (exact) mass is 327 g/mol. The summed E-state index contributed by atoms with van der Waals surface area (Å²) in [5, 5.41) is 12.8. The molecule has 2 aromatic carbocycles.